The van der Waals surface area contributed by atoms with Crippen LogP contribution >= 0.6 is 0 Å². The summed E-state index contributed by atoms with van der Waals surface area (Å²) < 4.78 is 32.2. The van der Waals surface area contributed by atoms with Crippen molar-refractivity contribution in [1.29, 1.82) is 0 Å². The van der Waals surface area contributed by atoms with E-state index in [4.69, 9.17) is 28.4 Å². The molecule has 9 nitrogen and oxygen atoms in total. The highest BCUT2D eigenvalue weighted by molar-refractivity contribution is 5.81. The molecule has 0 aliphatic carbocycles. The fourth-order valence-electron chi connectivity index (χ4n) is 2.48. The first-order valence-electron chi connectivity index (χ1n) is 11.0. The van der Waals surface area contributed by atoms with Crippen LogP contribution in [0.2, 0.25) is 0 Å². The van der Waals surface area contributed by atoms with Gasteiger partial charge in [-0.25, -0.2) is 14.4 Å². The molecular weight excluding hydrogens is 504 g/mol. The van der Waals surface area contributed by atoms with Crippen LogP contribution < -0.4 is 0 Å². The number of ether oxygens (including phenoxy) is 6. The van der Waals surface area contributed by atoms with Gasteiger partial charge in [-0.2, -0.15) is 0 Å². The van der Waals surface area contributed by atoms with E-state index in [1.807, 2.05) is 6.92 Å². The van der Waals surface area contributed by atoms with Gasteiger partial charge in [0, 0.05) is 62.7 Å². The monoisotopic (exact) mass is 566 g/mol. The Morgan fingerprint density at radius 2 is 0.795 bits per heavy atom. The average molecular weight is 567 g/mol. The van der Waals surface area contributed by atoms with Crippen LogP contribution in [0, 0.1) is 5.41 Å². The third-order valence-corrected chi connectivity index (χ3v) is 4.51. The fraction of sp³-hybridized carbons (Fsp3) is 0.700. The lowest BCUT2D eigenvalue weighted by molar-refractivity contribution is -0.139. The van der Waals surface area contributed by atoms with Crippen molar-refractivity contribution in [2.75, 3.05) is 59.5 Å². The predicted octanol–water partition coefficient (Wildman–Crippen LogP) is 6.61. The van der Waals surface area contributed by atoms with Gasteiger partial charge in [-0.1, -0.05) is 71.2 Å². The summed E-state index contributed by atoms with van der Waals surface area (Å²) in [6.07, 6.45) is 5.78. The van der Waals surface area contributed by atoms with E-state index in [2.05, 4.69) is 19.7 Å². The van der Waals surface area contributed by atoms with E-state index in [1.165, 1.54) is 0 Å². The molecule has 0 aliphatic heterocycles. The molecule has 0 unspecified atom stereocenters. The van der Waals surface area contributed by atoms with E-state index >= 15 is 0 Å². The summed E-state index contributed by atoms with van der Waals surface area (Å²) in [6, 6.07) is 0. The summed E-state index contributed by atoms with van der Waals surface area (Å²) in [5.74, 6) is -1.38. The maximum Gasteiger partial charge on any atom is 0.330 e. The van der Waals surface area contributed by atoms with Crippen LogP contribution in [0.4, 0.5) is 0 Å². The molecule has 0 saturated carbocycles. The Hall–Kier alpha value is -2.49. The van der Waals surface area contributed by atoms with E-state index in [-0.39, 0.29) is 69.8 Å². The van der Waals surface area contributed by atoms with Crippen molar-refractivity contribution in [3.05, 3.63) is 38.0 Å². The zero-order valence-electron chi connectivity index (χ0n) is 19.7. The maximum atomic E-state index is 11.1. The van der Waals surface area contributed by atoms with Crippen molar-refractivity contribution in [3.63, 3.8) is 0 Å². The highest BCUT2D eigenvalue weighted by Gasteiger charge is 2.29. The van der Waals surface area contributed by atoms with Crippen LogP contribution in [0.3, 0.4) is 0 Å². The van der Waals surface area contributed by atoms with Crippen LogP contribution in [0.25, 0.3) is 0 Å². The second-order valence-electron chi connectivity index (χ2n) is 7.19. The lowest BCUT2D eigenvalue weighted by atomic mass is 9.88. The third-order valence-electron chi connectivity index (χ3n) is 4.51. The van der Waals surface area contributed by atoms with E-state index in [0.717, 1.165) is 24.6 Å². The van der Waals surface area contributed by atoms with Gasteiger partial charge in [0.05, 0.1) is 39.6 Å². The molecule has 9 heteroatoms. The SMILES string of the molecule is C.C.C.C.C.C.C=CC(=O)OCCCOCC(CC)(COCCCOC(=O)C=C)COCCCOC(=O)C=C. The summed E-state index contributed by atoms with van der Waals surface area (Å²) in [4.78, 5) is 33.2. The molecule has 0 atom stereocenters. The molecule has 0 spiro atoms. The van der Waals surface area contributed by atoms with Gasteiger partial charge in [0.25, 0.3) is 0 Å². The number of rotatable bonds is 22. The largest absolute Gasteiger partial charge is 0.462 e. The molecule has 0 bridgehead atoms. The van der Waals surface area contributed by atoms with Gasteiger partial charge in [-0.05, 0) is 6.42 Å². The topological polar surface area (TPSA) is 107 Å². The molecule has 0 N–H and O–H groups in total. The molecule has 0 amide bonds. The van der Waals surface area contributed by atoms with Gasteiger partial charge in [0.15, 0.2) is 0 Å². The zero-order chi connectivity index (χ0) is 24.8. The van der Waals surface area contributed by atoms with Crippen LogP contribution in [-0.4, -0.2) is 77.4 Å². The Kier molecular flexibility index (Phi) is 48.1. The van der Waals surface area contributed by atoms with Crippen molar-refractivity contribution in [2.24, 2.45) is 5.41 Å². The standard InChI is InChI=1S/C24H38O9.6CH4/c1-5-21(25)31-15-9-12-28-18-24(8-4,19-29-13-10-16-32-22(26)6-2)20-30-14-11-17-33-23(27)7-3;;;;;;/h5-7H,1-3,8-20H2,4H3;6*1H4. The molecule has 236 valence electrons. The Morgan fingerprint density at radius 3 is 1.00 bits per heavy atom. The molecule has 0 fully saturated rings. The van der Waals surface area contributed by atoms with E-state index < -0.39 is 17.9 Å². The quantitative estimate of drug-likeness (QED) is 0.0619. The molecule has 0 aliphatic rings. The second-order valence-corrected chi connectivity index (χ2v) is 7.19. The minimum absolute atomic E-state index is 0. The van der Waals surface area contributed by atoms with E-state index in [1.54, 1.807) is 0 Å². The average Bonchev–Trinajstić information content (AvgIpc) is 2.84. The number of carbonyl (C=O) groups excluding carboxylic acids is 3. The minimum Gasteiger partial charge on any atom is -0.462 e. The van der Waals surface area contributed by atoms with E-state index in [0.29, 0.717) is 58.9 Å². The van der Waals surface area contributed by atoms with Crippen LogP contribution in [-0.2, 0) is 42.8 Å². The van der Waals surface area contributed by atoms with Crippen molar-refractivity contribution < 1.29 is 42.8 Å². The molecule has 0 aromatic heterocycles. The number of hydrogen-bond acceptors (Lipinski definition) is 9. The molecule has 0 saturated heterocycles. The Morgan fingerprint density at radius 1 is 0.538 bits per heavy atom. The van der Waals surface area contributed by atoms with Gasteiger partial charge in [-0.3, -0.25) is 0 Å². The molecular formula is C30H62O9. The number of carbonyl (C=O) groups is 3. The zero-order valence-corrected chi connectivity index (χ0v) is 19.7. The highest BCUT2D eigenvalue weighted by Crippen LogP contribution is 2.24. The van der Waals surface area contributed by atoms with Gasteiger partial charge < -0.3 is 28.4 Å². The smallest absolute Gasteiger partial charge is 0.330 e. The third kappa shape index (κ3) is 29.9. The van der Waals surface area contributed by atoms with Gasteiger partial charge in [0.1, 0.15) is 0 Å². The molecule has 0 heterocycles. The first-order chi connectivity index (χ1) is 15.9. The maximum absolute atomic E-state index is 11.1. The summed E-state index contributed by atoms with van der Waals surface area (Å²) in [7, 11) is 0. The van der Waals surface area contributed by atoms with Crippen LogP contribution in [0.15, 0.2) is 38.0 Å². The summed E-state index contributed by atoms with van der Waals surface area (Å²) in [6.45, 7) is 15.3. The Labute approximate surface area is 240 Å². The molecule has 0 aromatic carbocycles. The Balaban J connectivity index is -0.000000341. The first kappa shape index (κ1) is 52.9. The van der Waals surface area contributed by atoms with Crippen molar-refractivity contribution >= 4 is 17.9 Å². The van der Waals surface area contributed by atoms with Crippen LogP contribution in [0.1, 0.15) is 77.2 Å². The predicted molar refractivity (Wildman–Crippen MR) is 163 cm³/mol. The number of hydrogen-bond donors (Lipinski definition) is 0. The van der Waals surface area contributed by atoms with Crippen molar-refractivity contribution in [1.82, 2.24) is 0 Å². The second kappa shape index (κ2) is 35.5. The molecule has 0 radical (unpaired) electrons. The van der Waals surface area contributed by atoms with Gasteiger partial charge >= 0.3 is 17.9 Å². The lowest BCUT2D eigenvalue weighted by Gasteiger charge is -2.32. The highest BCUT2D eigenvalue weighted by atomic mass is 16.5. The summed E-state index contributed by atoms with van der Waals surface area (Å²) >= 11 is 0. The first-order valence-corrected chi connectivity index (χ1v) is 11.0. The summed E-state index contributed by atoms with van der Waals surface area (Å²) in [5.41, 5.74) is -0.382. The lowest BCUT2D eigenvalue weighted by Crippen LogP contribution is -2.37. The fourth-order valence-corrected chi connectivity index (χ4v) is 2.48. The van der Waals surface area contributed by atoms with Crippen LogP contribution in [0.5, 0.6) is 0 Å². The Bertz CT molecular complexity index is 524. The number of esters is 3. The summed E-state index contributed by atoms with van der Waals surface area (Å²) in [5, 5.41) is 0. The van der Waals surface area contributed by atoms with Crippen molar-refractivity contribution in [2.45, 2.75) is 77.2 Å². The normalized spacial score (nSPS) is 9.15. The van der Waals surface area contributed by atoms with E-state index in [9.17, 15) is 14.4 Å². The molecule has 39 heavy (non-hydrogen) atoms. The minimum atomic E-state index is -0.461. The molecule has 0 rings (SSSR count). The van der Waals surface area contributed by atoms with Gasteiger partial charge in [-0.15, -0.1) is 0 Å². The van der Waals surface area contributed by atoms with Crippen molar-refractivity contribution in [3.8, 4) is 0 Å². The molecule has 0 aromatic rings. The van der Waals surface area contributed by atoms with Gasteiger partial charge in [0.2, 0.25) is 0 Å².